The number of carbonyl (C=O) groups excluding carboxylic acids is 1. The van der Waals surface area contributed by atoms with Gasteiger partial charge in [-0.25, -0.2) is 4.79 Å². The Morgan fingerprint density at radius 3 is 2.52 bits per heavy atom. The van der Waals surface area contributed by atoms with Gasteiger partial charge in [0.15, 0.2) is 0 Å². The Morgan fingerprint density at radius 2 is 1.86 bits per heavy atom. The van der Waals surface area contributed by atoms with Crippen molar-refractivity contribution in [2.45, 2.75) is 6.92 Å². The summed E-state index contributed by atoms with van der Waals surface area (Å²) in [6, 6.07) is 9.26. The van der Waals surface area contributed by atoms with E-state index in [1.54, 1.807) is 18.2 Å². The van der Waals surface area contributed by atoms with Crippen molar-refractivity contribution < 1.29 is 14.7 Å². The number of carboxylic acids is 1. The number of hydrogen-bond donors (Lipinski definition) is 2. The lowest BCUT2D eigenvalue weighted by Crippen LogP contribution is -2.13. The van der Waals surface area contributed by atoms with Crippen LogP contribution < -0.4 is 5.32 Å². The molecule has 0 aromatic heterocycles. The van der Waals surface area contributed by atoms with Crippen molar-refractivity contribution in [1.82, 2.24) is 0 Å². The number of aromatic carboxylic acids is 1. The molecule has 0 heterocycles. The van der Waals surface area contributed by atoms with E-state index in [4.69, 9.17) is 16.7 Å². The minimum atomic E-state index is -1.08. The molecule has 0 aliphatic rings. The summed E-state index contributed by atoms with van der Waals surface area (Å²) in [7, 11) is 0. The van der Waals surface area contributed by atoms with Crippen LogP contribution in [0.2, 0.25) is 5.02 Å². The Morgan fingerprint density at radius 1 is 1.19 bits per heavy atom. The van der Waals surface area contributed by atoms with E-state index >= 15 is 0 Å². The predicted molar refractivity (Wildman–Crippen MR) is 85.2 cm³/mol. The summed E-state index contributed by atoms with van der Waals surface area (Å²) in [6.07, 6.45) is 0. The Hall–Kier alpha value is -1.85. The average molecular weight is 369 g/mol. The average Bonchev–Trinajstić information content (AvgIpc) is 2.44. The van der Waals surface area contributed by atoms with Crippen molar-refractivity contribution in [3.63, 3.8) is 0 Å². The van der Waals surface area contributed by atoms with Crippen LogP contribution in [0.5, 0.6) is 0 Å². The number of halogens is 2. The van der Waals surface area contributed by atoms with E-state index in [1.165, 1.54) is 18.2 Å². The summed E-state index contributed by atoms with van der Waals surface area (Å²) in [5.41, 5.74) is 1.73. The zero-order chi connectivity index (χ0) is 15.6. The maximum Gasteiger partial charge on any atom is 0.335 e. The van der Waals surface area contributed by atoms with Crippen LogP contribution in [-0.2, 0) is 0 Å². The van der Waals surface area contributed by atoms with Crippen molar-refractivity contribution in [3.8, 4) is 0 Å². The van der Waals surface area contributed by atoms with E-state index in [2.05, 4.69) is 21.2 Å². The highest BCUT2D eigenvalue weighted by molar-refractivity contribution is 9.10. The molecule has 0 bridgehead atoms. The topological polar surface area (TPSA) is 66.4 Å². The molecular weight excluding hydrogens is 358 g/mol. The molecule has 0 unspecified atom stereocenters. The zero-order valence-corrected chi connectivity index (χ0v) is 13.3. The standard InChI is InChI=1S/C15H11BrClNO3/c1-8-5-11(16)13(7-12(8)17)18-14(19)9-3-2-4-10(6-9)15(20)21/h2-7H,1H3,(H,18,19)(H,20,21). The maximum absolute atomic E-state index is 12.2. The minimum absolute atomic E-state index is 0.0589. The molecule has 1 amide bonds. The molecule has 0 saturated carbocycles. The second-order valence-corrected chi connectivity index (χ2v) is 5.68. The third kappa shape index (κ3) is 3.62. The number of amides is 1. The number of benzene rings is 2. The van der Waals surface area contributed by atoms with Gasteiger partial charge in [0, 0.05) is 15.1 Å². The molecule has 2 aromatic rings. The van der Waals surface area contributed by atoms with Crippen LogP contribution in [0.25, 0.3) is 0 Å². The molecule has 4 nitrogen and oxygen atoms in total. The lowest BCUT2D eigenvalue weighted by Gasteiger charge is -2.10. The van der Waals surface area contributed by atoms with E-state index in [9.17, 15) is 9.59 Å². The van der Waals surface area contributed by atoms with Crippen molar-refractivity contribution >= 4 is 45.1 Å². The van der Waals surface area contributed by atoms with E-state index in [0.29, 0.717) is 15.2 Å². The summed E-state index contributed by atoms with van der Waals surface area (Å²) in [6.45, 7) is 1.86. The number of nitrogens with one attached hydrogen (secondary N) is 1. The second kappa shape index (κ2) is 6.28. The molecule has 0 fully saturated rings. The lowest BCUT2D eigenvalue weighted by molar-refractivity contribution is 0.0697. The van der Waals surface area contributed by atoms with Gasteiger partial charge < -0.3 is 10.4 Å². The van der Waals surface area contributed by atoms with Crippen molar-refractivity contribution in [2.75, 3.05) is 5.32 Å². The minimum Gasteiger partial charge on any atom is -0.478 e. The highest BCUT2D eigenvalue weighted by Crippen LogP contribution is 2.29. The molecule has 21 heavy (non-hydrogen) atoms. The SMILES string of the molecule is Cc1cc(Br)c(NC(=O)c2cccc(C(=O)O)c2)cc1Cl. The zero-order valence-electron chi connectivity index (χ0n) is 11.0. The third-order valence-electron chi connectivity index (χ3n) is 2.87. The van der Waals surface area contributed by atoms with Crippen LogP contribution in [0.3, 0.4) is 0 Å². The quantitative estimate of drug-likeness (QED) is 0.846. The van der Waals surface area contributed by atoms with Gasteiger partial charge in [-0.2, -0.15) is 0 Å². The van der Waals surface area contributed by atoms with Gasteiger partial charge in [0.2, 0.25) is 0 Å². The van der Waals surface area contributed by atoms with Crippen molar-refractivity contribution in [2.24, 2.45) is 0 Å². The summed E-state index contributed by atoms with van der Waals surface area (Å²) in [5, 5.41) is 12.2. The van der Waals surface area contributed by atoms with Gasteiger partial charge in [-0.15, -0.1) is 0 Å². The molecule has 6 heteroatoms. The Bertz CT molecular complexity index is 731. The smallest absolute Gasteiger partial charge is 0.335 e. The van der Waals surface area contributed by atoms with Gasteiger partial charge in [-0.3, -0.25) is 4.79 Å². The molecule has 2 N–H and O–H groups in total. The molecule has 2 aromatic carbocycles. The van der Waals surface area contributed by atoms with Gasteiger partial charge in [0.05, 0.1) is 11.3 Å². The van der Waals surface area contributed by atoms with Crippen molar-refractivity contribution in [1.29, 1.82) is 0 Å². The van der Waals surface area contributed by atoms with Gasteiger partial charge in [-0.1, -0.05) is 17.7 Å². The first-order valence-corrected chi connectivity index (χ1v) is 7.16. The van der Waals surface area contributed by atoms with Gasteiger partial charge in [0.25, 0.3) is 5.91 Å². The third-order valence-corrected chi connectivity index (χ3v) is 3.93. The number of anilines is 1. The highest BCUT2D eigenvalue weighted by atomic mass is 79.9. The first kappa shape index (κ1) is 15.5. The van der Waals surface area contributed by atoms with E-state index in [0.717, 1.165) is 5.56 Å². The summed E-state index contributed by atoms with van der Waals surface area (Å²) >= 11 is 9.38. The number of rotatable bonds is 3. The molecule has 0 radical (unpaired) electrons. The van der Waals surface area contributed by atoms with Crippen LogP contribution in [-0.4, -0.2) is 17.0 Å². The Balaban J connectivity index is 2.28. The molecule has 0 atom stereocenters. The summed E-state index contributed by atoms with van der Waals surface area (Å²) in [4.78, 5) is 23.1. The molecule has 0 aliphatic heterocycles. The van der Waals surface area contributed by atoms with Crippen LogP contribution in [0, 0.1) is 6.92 Å². The highest BCUT2D eigenvalue weighted by Gasteiger charge is 2.12. The molecule has 108 valence electrons. The van der Waals surface area contributed by atoms with Gasteiger partial charge >= 0.3 is 5.97 Å². The monoisotopic (exact) mass is 367 g/mol. The van der Waals surface area contributed by atoms with E-state index < -0.39 is 11.9 Å². The van der Waals surface area contributed by atoms with Crippen LogP contribution >= 0.6 is 27.5 Å². The Labute approximate surface area is 134 Å². The lowest BCUT2D eigenvalue weighted by atomic mass is 10.1. The fraction of sp³-hybridized carbons (Fsp3) is 0.0667. The predicted octanol–water partition coefficient (Wildman–Crippen LogP) is 4.36. The van der Waals surface area contributed by atoms with Gasteiger partial charge in [-0.05, 0) is 58.7 Å². The molecular formula is C15H11BrClNO3. The largest absolute Gasteiger partial charge is 0.478 e. The normalized spacial score (nSPS) is 10.2. The van der Waals surface area contributed by atoms with Crippen LogP contribution in [0.4, 0.5) is 5.69 Å². The maximum atomic E-state index is 12.2. The fourth-order valence-corrected chi connectivity index (χ4v) is 2.45. The molecule has 0 aliphatic carbocycles. The number of carbonyl (C=O) groups is 2. The molecule has 0 saturated heterocycles. The second-order valence-electron chi connectivity index (χ2n) is 4.42. The molecule has 2 rings (SSSR count). The fourth-order valence-electron chi connectivity index (χ4n) is 1.73. The first-order valence-electron chi connectivity index (χ1n) is 5.99. The molecule has 0 spiro atoms. The first-order chi connectivity index (χ1) is 9.88. The van der Waals surface area contributed by atoms with Gasteiger partial charge in [0.1, 0.15) is 0 Å². The number of aryl methyl sites for hydroxylation is 1. The van der Waals surface area contributed by atoms with E-state index in [-0.39, 0.29) is 11.1 Å². The van der Waals surface area contributed by atoms with Crippen LogP contribution in [0.1, 0.15) is 26.3 Å². The van der Waals surface area contributed by atoms with Crippen molar-refractivity contribution in [3.05, 3.63) is 62.6 Å². The number of hydrogen-bond acceptors (Lipinski definition) is 2. The van der Waals surface area contributed by atoms with E-state index in [1.807, 2.05) is 6.92 Å². The Kier molecular flexibility index (Phi) is 4.65. The number of carboxylic acid groups (broad SMARTS) is 1. The summed E-state index contributed by atoms with van der Waals surface area (Å²) < 4.78 is 0.701. The van der Waals surface area contributed by atoms with Crippen LogP contribution in [0.15, 0.2) is 40.9 Å². The summed E-state index contributed by atoms with van der Waals surface area (Å²) in [5.74, 6) is -1.48.